The molecule has 0 fully saturated rings. The normalized spacial score (nSPS) is 15.9. The van der Waals surface area contributed by atoms with Gasteiger partial charge in [-0.3, -0.25) is 0 Å². The van der Waals surface area contributed by atoms with Gasteiger partial charge in [-0.05, 0) is 23.8 Å². The molecular weight excluding hydrogens is 404 g/mol. The van der Waals surface area contributed by atoms with E-state index in [-0.39, 0.29) is 6.03 Å². The molecule has 32 heavy (non-hydrogen) atoms. The van der Waals surface area contributed by atoms with E-state index in [1.54, 1.807) is 14.2 Å². The fourth-order valence-corrected chi connectivity index (χ4v) is 4.11. The number of nitrogens with zero attached hydrogens (tertiary/aromatic N) is 1. The van der Waals surface area contributed by atoms with Crippen LogP contribution in [0.1, 0.15) is 23.0 Å². The average Bonchev–Trinajstić information content (AvgIpc) is 3.27. The zero-order chi connectivity index (χ0) is 22.1. The molecule has 2 amide bonds. The van der Waals surface area contributed by atoms with Crippen LogP contribution in [0.3, 0.4) is 0 Å². The van der Waals surface area contributed by atoms with E-state index in [9.17, 15) is 4.79 Å². The fraction of sp³-hybridized carbons (Fsp3) is 0.120. The van der Waals surface area contributed by atoms with Gasteiger partial charge >= 0.3 is 6.03 Å². The number of methoxy groups -OCH3 is 2. The number of amides is 2. The van der Waals surface area contributed by atoms with Crippen molar-refractivity contribution in [1.29, 1.82) is 0 Å². The molecule has 0 saturated carbocycles. The van der Waals surface area contributed by atoms with E-state index in [1.807, 2.05) is 72.8 Å². The van der Waals surface area contributed by atoms with Crippen molar-refractivity contribution in [2.75, 3.05) is 14.2 Å². The third kappa shape index (κ3) is 3.33. The number of fused-ring (bicyclic) bond motifs is 1. The van der Waals surface area contributed by atoms with Crippen LogP contribution in [-0.2, 0) is 0 Å². The van der Waals surface area contributed by atoms with Gasteiger partial charge in [0.05, 0.1) is 37.0 Å². The highest BCUT2D eigenvalue weighted by atomic mass is 16.5. The van der Waals surface area contributed by atoms with Crippen molar-refractivity contribution < 1.29 is 14.3 Å². The molecule has 4 aromatic rings. The lowest BCUT2D eigenvalue weighted by Gasteiger charge is -2.31. The summed E-state index contributed by atoms with van der Waals surface area (Å²) in [7, 11) is 3.18. The number of rotatable bonds is 5. The van der Waals surface area contributed by atoms with Crippen LogP contribution < -0.4 is 20.1 Å². The summed E-state index contributed by atoms with van der Waals surface area (Å²) in [5.41, 5.74) is 4.89. The van der Waals surface area contributed by atoms with Gasteiger partial charge in [-0.2, -0.15) is 0 Å². The Balaban J connectivity index is 1.80. The first-order valence-electron chi connectivity index (χ1n) is 10.2. The molecule has 0 unspecified atom stereocenters. The van der Waals surface area contributed by atoms with Crippen LogP contribution in [0.25, 0.3) is 22.3 Å². The number of benzene rings is 3. The summed E-state index contributed by atoms with van der Waals surface area (Å²) in [6.45, 7) is 0. The average molecular weight is 426 g/mol. The molecule has 7 heteroatoms. The summed E-state index contributed by atoms with van der Waals surface area (Å²) < 4.78 is 11.2. The maximum atomic E-state index is 12.8. The highest BCUT2D eigenvalue weighted by Crippen LogP contribution is 2.43. The van der Waals surface area contributed by atoms with E-state index in [0.717, 1.165) is 27.7 Å². The van der Waals surface area contributed by atoms with Gasteiger partial charge in [-0.1, -0.05) is 54.6 Å². The lowest BCUT2D eigenvalue weighted by Crippen LogP contribution is -2.43. The van der Waals surface area contributed by atoms with Gasteiger partial charge in [0.2, 0.25) is 0 Å². The second-order valence-electron chi connectivity index (χ2n) is 7.37. The summed E-state index contributed by atoms with van der Waals surface area (Å²) in [5.74, 6) is 1.80. The SMILES string of the molecule is COc1cccc([C@@H]2NC(=O)NC(c3ccccc3)=C2c2nc3ccccc3[nH]2)c1OC. The van der Waals surface area contributed by atoms with Gasteiger partial charge in [0.15, 0.2) is 11.5 Å². The Labute approximate surface area is 185 Å². The van der Waals surface area contributed by atoms with E-state index in [0.29, 0.717) is 23.0 Å². The highest BCUT2D eigenvalue weighted by molar-refractivity contribution is 6.03. The van der Waals surface area contributed by atoms with Crippen molar-refractivity contribution in [2.24, 2.45) is 0 Å². The van der Waals surface area contributed by atoms with Gasteiger partial charge in [0.1, 0.15) is 5.82 Å². The zero-order valence-corrected chi connectivity index (χ0v) is 17.7. The fourth-order valence-electron chi connectivity index (χ4n) is 4.11. The van der Waals surface area contributed by atoms with Crippen LogP contribution in [0.2, 0.25) is 0 Å². The van der Waals surface area contributed by atoms with E-state index in [1.165, 1.54) is 0 Å². The predicted octanol–water partition coefficient (Wildman–Crippen LogP) is 4.50. The number of para-hydroxylation sites is 3. The van der Waals surface area contributed by atoms with E-state index in [2.05, 4.69) is 15.6 Å². The second kappa shape index (κ2) is 8.11. The van der Waals surface area contributed by atoms with Gasteiger partial charge in [-0.15, -0.1) is 0 Å². The first-order valence-corrected chi connectivity index (χ1v) is 10.2. The number of carbonyl (C=O) groups excluding carboxylic acids is 1. The number of H-pyrrole nitrogens is 1. The topological polar surface area (TPSA) is 88.3 Å². The minimum Gasteiger partial charge on any atom is -0.493 e. The standard InChI is InChI=1S/C25H22N4O3/c1-31-19-14-8-11-16(23(19)32-2)22-20(24-26-17-12-6-7-13-18(17)27-24)21(28-25(30)29-22)15-9-4-3-5-10-15/h3-14,22H,1-2H3,(H,26,27)(H2,28,29,30)/t22-/m0/s1. The van der Waals surface area contributed by atoms with Crippen molar-refractivity contribution in [2.45, 2.75) is 6.04 Å². The summed E-state index contributed by atoms with van der Waals surface area (Å²) in [5, 5.41) is 6.04. The highest BCUT2D eigenvalue weighted by Gasteiger charge is 2.34. The Morgan fingerprint density at radius 3 is 2.41 bits per heavy atom. The van der Waals surface area contributed by atoms with Crippen LogP contribution in [0.5, 0.6) is 11.5 Å². The van der Waals surface area contributed by atoms with E-state index < -0.39 is 6.04 Å². The molecule has 0 saturated heterocycles. The van der Waals surface area contributed by atoms with Crippen LogP contribution >= 0.6 is 0 Å². The lowest BCUT2D eigenvalue weighted by atomic mass is 9.91. The van der Waals surface area contributed by atoms with E-state index >= 15 is 0 Å². The minimum atomic E-state index is -0.524. The first-order chi connectivity index (χ1) is 15.7. The molecule has 3 N–H and O–H groups in total. The Hall–Kier alpha value is -4.26. The monoisotopic (exact) mass is 426 g/mol. The van der Waals surface area contributed by atoms with Gasteiger partial charge in [0.25, 0.3) is 0 Å². The molecule has 5 rings (SSSR count). The molecule has 1 aliphatic heterocycles. The third-order valence-corrected chi connectivity index (χ3v) is 5.52. The maximum absolute atomic E-state index is 12.8. The molecule has 1 aliphatic rings. The molecule has 7 nitrogen and oxygen atoms in total. The molecule has 0 radical (unpaired) electrons. The Morgan fingerprint density at radius 1 is 0.875 bits per heavy atom. The van der Waals surface area contributed by atoms with Crippen LogP contribution in [0.15, 0.2) is 72.8 Å². The third-order valence-electron chi connectivity index (χ3n) is 5.52. The molecule has 3 aromatic carbocycles. The number of aromatic nitrogens is 2. The smallest absolute Gasteiger partial charge is 0.320 e. The van der Waals surface area contributed by atoms with Crippen molar-refractivity contribution in [3.8, 4) is 11.5 Å². The summed E-state index contributed by atoms with van der Waals surface area (Å²) in [4.78, 5) is 21.0. The molecule has 2 heterocycles. The maximum Gasteiger partial charge on any atom is 0.320 e. The molecule has 1 aromatic heterocycles. The molecule has 0 bridgehead atoms. The predicted molar refractivity (Wildman–Crippen MR) is 123 cm³/mol. The Morgan fingerprint density at radius 2 is 1.66 bits per heavy atom. The largest absolute Gasteiger partial charge is 0.493 e. The summed E-state index contributed by atoms with van der Waals surface area (Å²) in [6.07, 6.45) is 0. The first kappa shape index (κ1) is 19.7. The van der Waals surface area contributed by atoms with Crippen molar-refractivity contribution >= 4 is 28.3 Å². The van der Waals surface area contributed by atoms with Crippen molar-refractivity contribution in [3.63, 3.8) is 0 Å². The number of imidazole rings is 1. The minimum absolute atomic E-state index is 0.307. The van der Waals surface area contributed by atoms with Crippen LogP contribution in [0.4, 0.5) is 4.79 Å². The molecule has 0 spiro atoms. The Bertz CT molecular complexity index is 1290. The summed E-state index contributed by atoms with van der Waals surface area (Å²) in [6, 6.07) is 22.4. The lowest BCUT2D eigenvalue weighted by molar-refractivity contribution is 0.241. The number of nitrogens with one attached hydrogen (secondary N) is 3. The number of carbonyl (C=O) groups is 1. The van der Waals surface area contributed by atoms with Gasteiger partial charge in [-0.25, -0.2) is 9.78 Å². The van der Waals surface area contributed by atoms with Gasteiger partial charge in [0, 0.05) is 11.1 Å². The molecule has 0 aliphatic carbocycles. The van der Waals surface area contributed by atoms with Gasteiger partial charge < -0.3 is 25.1 Å². The van der Waals surface area contributed by atoms with Crippen molar-refractivity contribution in [1.82, 2.24) is 20.6 Å². The molecule has 1 atom stereocenters. The molecular formula is C25H22N4O3. The second-order valence-corrected chi connectivity index (χ2v) is 7.37. The van der Waals surface area contributed by atoms with E-state index in [4.69, 9.17) is 14.5 Å². The molecule has 160 valence electrons. The Kier molecular flexibility index (Phi) is 4.99. The van der Waals surface area contributed by atoms with Crippen LogP contribution in [-0.4, -0.2) is 30.2 Å². The quantitative estimate of drug-likeness (QED) is 0.438. The summed E-state index contributed by atoms with van der Waals surface area (Å²) >= 11 is 0. The number of ether oxygens (including phenoxy) is 2. The number of hydrogen-bond donors (Lipinski definition) is 3. The number of aromatic amines is 1. The number of hydrogen-bond acceptors (Lipinski definition) is 4. The number of urea groups is 1. The zero-order valence-electron chi connectivity index (χ0n) is 17.7. The van der Waals surface area contributed by atoms with Crippen LogP contribution in [0, 0.1) is 0 Å². The van der Waals surface area contributed by atoms with Crippen molar-refractivity contribution in [3.05, 3.63) is 89.7 Å².